The predicted molar refractivity (Wildman–Crippen MR) is 108 cm³/mol. The number of aromatic nitrogens is 2. The van der Waals surface area contributed by atoms with Crippen molar-refractivity contribution in [3.63, 3.8) is 0 Å². The number of methoxy groups -OCH3 is 1. The average Bonchev–Trinajstić information content (AvgIpc) is 3.28. The van der Waals surface area contributed by atoms with E-state index in [0.29, 0.717) is 22.6 Å². The average molecular weight is 422 g/mol. The van der Waals surface area contributed by atoms with Crippen LogP contribution in [0.25, 0.3) is 22.8 Å². The van der Waals surface area contributed by atoms with Crippen LogP contribution < -0.4 is 9.47 Å². The number of carbonyl (C=O) groups is 1. The topological polar surface area (TPSA) is 74.5 Å². The second-order valence-electron chi connectivity index (χ2n) is 6.51. The Balaban J connectivity index is 1.41. The Morgan fingerprint density at radius 3 is 2.35 bits per heavy atom. The first kappa shape index (κ1) is 20.2. The lowest BCUT2D eigenvalue weighted by atomic mass is 10.1. The SMILES string of the molecule is COc1ccc(C(=O)COc2ccc(-c3noc(-c4ccc(F)cc4F)n3)cc2)cc1. The quantitative estimate of drug-likeness (QED) is 0.392. The van der Waals surface area contributed by atoms with Crippen LogP contribution in [0.3, 0.4) is 0 Å². The Morgan fingerprint density at radius 1 is 0.968 bits per heavy atom. The van der Waals surface area contributed by atoms with Gasteiger partial charge in [-0.2, -0.15) is 4.98 Å². The highest BCUT2D eigenvalue weighted by Gasteiger charge is 2.15. The van der Waals surface area contributed by atoms with Crippen LogP contribution in [0, 0.1) is 11.6 Å². The lowest BCUT2D eigenvalue weighted by molar-refractivity contribution is 0.0921. The van der Waals surface area contributed by atoms with Crippen LogP contribution >= 0.6 is 0 Å². The highest BCUT2D eigenvalue weighted by atomic mass is 19.1. The summed E-state index contributed by atoms with van der Waals surface area (Å²) >= 11 is 0. The van der Waals surface area contributed by atoms with Crippen LogP contribution in [0.2, 0.25) is 0 Å². The van der Waals surface area contributed by atoms with Crippen molar-refractivity contribution in [3.8, 4) is 34.3 Å². The molecule has 6 nitrogen and oxygen atoms in total. The van der Waals surface area contributed by atoms with E-state index in [-0.39, 0.29) is 29.7 Å². The minimum absolute atomic E-state index is 0.0112. The van der Waals surface area contributed by atoms with E-state index in [1.165, 1.54) is 6.07 Å². The monoisotopic (exact) mass is 422 g/mol. The Labute approximate surface area is 176 Å². The summed E-state index contributed by atoms with van der Waals surface area (Å²) in [6, 6.07) is 16.5. The van der Waals surface area contributed by atoms with E-state index in [1.807, 2.05) is 0 Å². The highest BCUT2D eigenvalue weighted by Crippen LogP contribution is 2.26. The molecule has 4 aromatic rings. The number of rotatable bonds is 7. The van der Waals surface area contributed by atoms with Gasteiger partial charge in [0.15, 0.2) is 12.4 Å². The molecule has 0 saturated carbocycles. The van der Waals surface area contributed by atoms with Crippen molar-refractivity contribution in [3.05, 3.63) is 83.9 Å². The third-order valence-electron chi connectivity index (χ3n) is 4.48. The highest BCUT2D eigenvalue weighted by molar-refractivity contribution is 5.97. The summed E-state index contributed by atoms with van der Waals surface area (Å²) < 4.78 is 42.7. The number of Topliss-reactive ketones (excluding diaryl/α,β-unsaturated/α-hetero) is 1. The van der Waals surface area contributed by atoms with Gasteiger partial charge in [0.25, 0.3) is 5.89 Å². The standard InChI is InChI=1S/C23H16F2N2O4/c1-29-17-7-2-14(3-8-17)21(28)13-30-18-9-4-15(5-10-18)22-26-23(31-27-22)19-11-6-16(24)12-20(19)25/h2-12H,13H2,1H3. The number of benzene rings is 3. The molecule has 0 spiro atoms. The van der Waals surface area contributed by atoms with Crippen LogP contribution in [0.4, 0.5) is 8.78 Å². The fourth-order valence-electron chi connectivity index (χ4n) is 2.82. The maximum absolute atomic E-state index is 13.9. The summed E-state index contributed by atoms with van der Waals surface area (Å²) in [4.78, 5) is 16.4. The van der Waals surface area contributed by atoms with Crippen molar-refractivity contribution in [1.82, 2.24) is 10.1 Å². The van der Waals surface area contributed by atoms with Crippen molar-refractivity contribution in [2.24, 2.45) is 0 Å². The fourth-order valence-corrected chi connectivity index (χ4v) is 2.82. The molecule has 1 heterocycles. The first-order valence-electron chi connectivity index (χ1n) is 9.23. The van der Waals surface area contributed by atoms with E-state index in [4.69, 9.17) is 14.0 Å². The van der Waals surface area contributed by atoms with E-state index in [0.717, 1.165) is 12.1 Å². The number of carbonyl (C=O) groups excluding carboxylic acids is 1. The van der Waals surface area contributed by atoms with Crippen molar-refractivity contribution < 1.29 is 27.6 Å². The molecule has 0 bridgehead atoms. The second-order valence-corrected chi connectivity index (χ2v) is 6.51. The predicted octanol–water partition coefficient (Wildman–Crippen LogP) is 4.95. The summed E-state index contributed by atoms with van der Waals surface area (Å²) in [5.74, 6) is -0.324. The van der Waals surface area contributed by atoms with Crippen LogP contribution in [0.15, 0.2) is 71.3 Å². The van der Waals surface area contributed by atoms with Crippen LogP contribution in [0.5, 0.6) is 11.5 Å². The Bertz CT molecular complexity index is 1210. The van der Waals surface area contributed by atoms with E-state index in [1.54, 1.807) is 55.6 Å². The van der Waals surface area contributed by atoms with Crippen LogP contribution in [-0.2, 0) is 0 Å². The molecule has 31 heavy (non-hydrogen) atoms. The largest absolute Gasteiger partial charge is 0.497 e. The van der Waals surface area contributed by atoms with E-state index >= 15 is 0 Å². The number of hydrogen-bond donors (Lipinski definition) is 0. The zero-order valence-corrected chi connectivity index (χ0v) is 16.3. The summed E-state index contributed by atoms with van der Waals surface area (Å²) in [5.41, 5.74) is 1.13. The molecular formula is C23H16F2N2O4. The minimum Gasteiger partial charge on any atom is -0.497 e. The molecule has 0 amide bonds. The van der Waals surface area contributed by atoms with Gasteiger partial charge in [-0.1, -0.05) is 5.16 Å². The molecule has 1 aromatic heterocycles. The normalized spacial score (nSPS) is 10.7. The van der Waals surface area contributed by atoms with E-state index < -0.39 is 11.6 Å². The molecule has 0 saturated heterocycles. The summed E-state index contributed by atoms with van der Waals surface area (Å²) in [5, 5.41) is 3.83. The van der Waals surface area contributed by atoms with Crippen LogP contribution in [0.1, 0.15) is 10.4 Å². The fraction of sp³-hybridized carbons (Fsp3) is 0.0870. The number of halogens is 2. The third kappa shape index (κ3) is 4.58. The lowest BCUT2D eigenvalue weighted by Gasteiger charge is -2.06. The van der Waals surface area contributed by atoms with Crippen molar-refractivity contribution in [1.29, 1.82) is 0 Å². The van der Waals surface area contributed by atoms with Gasteiger partial charge in [0, 0.05) is 17.2 Å². The molecule has 8 heteroatoms. The van der Waals surface area contributed by atoms with Gasteiger partial charge in [-0.15, -0.1) is 0 Å². The zero-order valence-electron chi connectivity index (χ0n) is 16.3. The molecule has 0 N–H and O–H groups in total. The molecule has 0 atom stereocenters. The Kier molecular flexibility index (Phi) is 5.70. The number of ketones is 1. The molecule has 0 fully saturated rings. The van der Waals surface area contributed by atoms with Gasteiger partial charge >= 0.3 is 0 Å². The third-order valence-corrected chi connectivity index (χ3v) is 4.48. The van der Waals surface area contributed by atoms with Gasteiger partial charge in [0.1, 0.15) is 23.1 Å². The molecule has 3 aromatic carbocycles. The lowest BCUT2D eigenvalue weighted by Crippen LogP contribution is -2.11. The van der Waals surface area contributed by atoms with E-state index in [9.17, 15) is 13.6 Å². The Morgan fingerprint density at radius 2 is 1.68 bits per heavy atom. The minimum atomic E-state index is -0.791. The first-order valence-corrected chi connectivity index (χ1v) is 9.23. The zero-order chi connectivity index (χ0) is 21.8. The van der Waals surface area contributed by atoms with E-state index in [2.05, 4.69) is 10.1 Å². The van der Waals surface area contributed by atoms with Crippen molar-refractivity contribution in [2.45, 2.75) is 0 Å². The molecule has 0 aliphatic heterocycles. The number of hydrogen-bond acceptors (Lipinski definition) is 6. The molecule has 0 aliphatic rings. The van der Waals surface area contributed by atoms with Gasteiger partial charge in [0.2, 0.25) is 5.82 Å². The van der Waals surface area contributed by atoms with Gasteiger partial charge in [-0.25, -0.2) is 8.78 Å². The summed E-state index contributed by atoms with van der Waals surface area (Å²) in [6.07, 6.45) is 0. The van der Waals surface area contributed by atoms with Gasteiger partial charge < -0.3 is 14.0 Å². The molecule has 4 rings (SSSR count). The number of nitrogens with zero attached hydrogens (tertiary/aromatic N) is 2. The molecule has 0 unspecified atom stereocenters. The Hall–Kier alpha value is -4.07. The molecule has 0 radical (unpaired) electrons. The van der Waals surface area contributed by atoms with Gasteiger partial charge in [0.05, 0.1) is 12.7 Å². The van der Waals surface area contributed by atoms with Crippen LogP contribution in [-0.4, -0.2) is 29.6 Å². The first-order chi connectivity index (χ1) is 15.0. The second kappa shape index (κ2) is 8.74. The molecule has 156 valence electrons. The molecule has 0 aliphatic carbocycles. The maximum Gasteiger partial charge on any atom is 0.261 e. The van der Waals surface area contributed by atoms with Gasteiger partial charge in [-0.3, -0.25) is 4.79 Å². The summed E-state index contributed by atoms with van der Waals surface area (Å²) in [6.45, 7) is -0.123. The van der Waals surface area contributed by atoms with Crippen molar-refractivity contribution >= 4 is 5.78 Å². The van der Waals surface area contributed by atoms with Crippen molar-refractivity contribution in [2.75, 3.05) is 13.7 Å². The number of ether oxygens (including phenoxy) is 2. The smallest absolute Gasteiger partial charge is 0.261 e. The molecular weight excluding hydrogens is 406 g/mol. The maximum atomic E-state index is 13.9. The van der Waals surface area contributed by atoms with Gasteiger partial charge in [-0.05, 0) is 60.7 Å². The summed E-state index contributed by atoms with van der Waals surface area (Å²) in [7, 11) is 1.56.